The zero-order valence-corrected chi connectivity index (χ0v) is 19.0. The first-order chi connectivity index (χ1) is 15.3. The number of carbonyl (C=O) groups excluding carboxylic acids is 1. The van der Waals surface area contributed by atoms with Gasteiger partial charge in [-0.3, -0.25) is 9.69 Å². The largest absolute Gasteiger partial charge is 0.361 e. The van der Waals surface area contributed by atoms with E-state index in [9.17, 15) is 4.79 Å². The molecule has 0 saturated carbocycles. The summed E-state index contributed by atoms with van der Waals surface area (Å²) in [6.07, 6.45) is 13.7. The van der Waals surface area contributed by atoms with E-state index < -0.39 is 0 Å². The predicted molar refractivity (Wildman–Crippen MR) is 126 cm³/mol. The molecule has 0 spiro atoms. The fourth-order valence-electron chi connectivity index (χ4n) is 5.87. The van der Waals surface area contributed by atoms with Crippen LogP contribution in [-0.4, -0.2) is 70.9 Å². The van der Waals surface area contributed by atoms with E-state index in [0.29, 0.717) is 0 Å². The lowest BCUT2D eigenvalue weighted by atomic mass is 9.99. The highest BCUT2D eigenvalue weighted by Crippen LogP contribution is 2.26. The quantitative estimate of drug-likeness (QED) is 0.781. The van der Waals surface area contributed by atoms with E-state index in [-0.39, 0.29) is 5.91 Å². The minimum absolute atomic E-state index is 0.194. The number of amides is 1. The van der Waals surface area contributed by atoms with Crippen molar-refractivity contribution in [3.8, 4) is 0 Å². The number of H-pyrrole nitrogens is 1. The lowest BCUT2D eigenvalue weighted by molar-refractivity contribution is 0.0762. The van der Waals surface area contributed by atoms with Gasteiger partial charge in [-0.05, 0) is 82.4 Å². The van der Waals surface area contributed by atoms with E-state index in [4.69, 9.17) is 0 Å². The maximum Gasteiger partial charge on any atom is 0.253 e. The first-order valence-electron chi connectivity index (χ1n) is 12.6. The van der Waals surface area contributed by atoms with Gasteiger partial charge in [0.2, 0.25) is 0 Å². The van der Waals surface area contributed by atoms with E-state index in [1.807, 2.05) is 11.0 Å². The van der Waals surface area contributed by atoms with Gasteiger partial charge in [0.1, 0.15) is 0 Å². The van der Waals surface area contributed by atoms with Gasteiger partial charge in [0, 0.05) is 48.3 Å². The first kappa shape index (κ1) is 21.0. The third-order valence-electron chi connectivity index (χ3n) is 7.77. The van der Waals surface area contributed by atoms with Crippen LogP contribution in [0, 0.1) is 0 Å². The molecule has 3 aliphatic heterocycles. The summed E-state index contributed by atoms with van der Waals surface area (Å²) < 4.78 is 0. The Kier molecular flexibility index (Phi) is 6.61. The Hall–Kier alpha value is -1.85. The summed E-state index contributed by atoms with van der Waals surface area (Å²) in [5.41, 5.74) is 3.28. The van der Waals surface area contributed by atoms with Crippen molar-refractivity contribution in [3.63, 3.8) is 0 Å². The molecule has 5 rings (SSSR count). The molecule has 3 aliphatic rings. The van der Waals surface area contributed by atoms with Gasteiger partial charge in [0.25, 0.3) is 5.91 Å². The molecule has 3 fully saturated rings. The van der Waals surface area contributed by atoms with Crippen LogP contribution in [0.15, 0.2) is 24.4 Å². The van der Waals surface area contributed by atoms with Crippen molar-refractivity contribution in [2.24, 2.45) is 0 Å². The lowest BCUT2D eigenvalue weighted by Gasteiger charge is -2.40. The summed E-state index contributed by atoms with van der Waals surface area (Å²) in [7, 11) is 0. The molecular weight excluding hydrogens is 384 g/mol. The van der Waals surface area contributed by atoms with Crippen molar-refractivity contribution in [2.45, 2.75) is 70.4 Å². The molecule has 0 atom stereocenters. The molecule has 1 N–H and O–H groups in total. The number of nitrogens with zero attached hydrogens (tertiary/aromatic N) is 3. The molecule has 4 heterocycles. The van der Waals surface area contributed by atoms with E-state index >= 15 is 0 Å². The summed E-state index contributed by atoms with van der Waals surface area (Å²) in [6, 6.07) is 7.06. The van der Waals surface area contributed by atoms with Gasteiger partial charge >= 0.3 is 0 Å². The molecule has 2 aromatic rings. The van der Waals surface area contributed by atoms with E-state index in [2.05, 4.69) is 33.1 Å². The van der Waals surface area contributed by atoms with Crippen molar-refractivity contribution in [1.82, 2.24) is 19.7 Å². The van der Waals surface area contributed by atoms with Crippen LogP contribution in [0.5, 0.6) is 0 Å². The van der Waals surface area contributed by atoms with Crippen molar-refractivity contribution in [3.05, 3.63) is 35.5 Å². The number of likely N-dealkylation sites (tertiary alicyclic amines) is 3. The van der Waals surface area contributed by atoms with Gasteiger partial charge in [-0.25, -0.2) is 0 Å². The Bertz CT molecular complexity index is 869. The van der Waals surface area contributed by atoms with Crippen LogP contribution >= 0.6 is 0 Å². The number of hydrogen-bond donors (Lipinski definition) is 1. The van der Waals surface area contributed by atoms with Crippen LogP contribution in [0.1, 0.15) is 73.7 Å². The molecule has 3 saturated heterocycles. The second-order valence-corrected chi connectivity index (χ2v) is 9.88. The highest BCUT2D eigenvalue weighted by Gasteiger charge is 2.26. The lowest BCUT2D eigenvalue weighted by Crippen LogP contribution is -2.46. The van der Waals surface area contributed by atoms with Crippen LogP contribution < -0.4 is 0 Å². The third kappa shape index (κ3) is 4.83. The molecule has 5 nitrogen and oxygen atoms in total. The van der Waals surface area contributed by atoms with Gasteiger partial charge in [-0.2, -0.15) is 0 Å². The zero-order valence-electron chi connectivity index (χ0n) is 19.0. The average Bonchev–Trinajstić information content (AvgIpc) is 3.03. The summed E-state index contributed by atoms with van der Waals surface area (Å²) in [5, 5.41) is 1.27. The monoisotopic (exact) mass is 422 g/mol. The molecule has 5 heteroatoms. The number of nitrogens with one attached hydrogen (secondary N) is 1. The smallest absolute Gasteiger partial charge is 0.253 e. The predicted octanol–water partition coefficient (Wildman–Crippen LogP) is 4.63. The number of benzene rings is 1. The fourth-order valence-corrected chi connectivity index (χ4v) is 5.87. The molecule has 1 aromatic heterocycles. The highest BCUT2D eigenvalue weighted by molar-refractivity contribution is 5.98. The van der Waals surface area contributed by atoms with Crippen LogP contribution in [0.3, 0.4) is 0 Å². The Morgan fingerprint density at radius 3 is 2.29 bits per heavy atom. The second-order valence-electron chi connectivity index (χ2n) is 9.88. The van der Waals surface area contributed by atoms with E-state index in [1.54, 1.807) is 0 Å². The number of piperidine rings is 2. The summed E-state index contributed by atoms with van der Waals surface area (Å²) in [5.74, 6) is 0.194. The van der Waals surface area contributed by atoms with Gasteiger partial charge in [-0.15, -0.1) is 0 Å². The molecule has 0 aliphatic carbocycles. The summed E-state index contributed by atoms with van der Waals surface area (Å²) >= 11 is 0. The van der Waals surface area contributed by atoms with Gasteiger partial charge in [0.15, 0.2) is 0 Å². The van der Waals surface area contributed by atoms with Crippen molar-refractivity contribution in [1.29, 1.82) is 0 Å². The number of fused-ring (bicyclic) bond motifs is 1. The Morgan fingerprint density at radius 1 is 0.871 bits per heavy atom. The molecule has 0 radical (unpaired) electrons. The third-order valence-corrected chi connectivity index (χ3v) is 7.77. The molecule has 1 aromatic carbocycles. The average molecular weight is 423 g/mol. The van der Waals surface area contributed by atoms with Crippen molar-refractivity contribution >= 4 is 16.8 Å². The van der Waals surface area contributed by atoms with Crippen molar-refractivity contribution < 1.29 is 4.79 Å². The maximum absolute atomic E-state index is 13.0. The molecule has 31 heavy (non-hydrogen) atoms. The number of carbonyl (C=O) groups is 1. The standard InChI is InChI=1S/C26H38N4O/c31-26(30-14-4-1-2-5-15-30)21-8-9-24-22(19-27-25(24)18-21)20-28-16-10-23(11-17-28)29-12-6-3-7-13-29/h8-9,18-19,23,27H,1-7,10-17,20H2. The minimum Gasteiger partial charge on any atom is -0.361 e. The second kappa shape index (κ2) is 9.74. The zero-order chi connectivity index (χ0) is 21.0. The molecule has 0 bridgehead atoms. The van der Waals surface area contributed by atoms with E-state index in [1.165, 1.54) is 82.1 Å². The van der Waals surface area contributed by atoms with Crippen LogP contribution in [0.4, 0.5) is 0 Å². The Morgan fingerprint density at radius 2 is 1.55 bits per heavy atom. The van der Waals surface area contributed by atoms with Gasteiger partial charge in [0.05, 0.1) is 0 Å². The maximum atomic E-state index is 13.0. The van der Waals surface area contributed by atoms with Gasteiger partial charge < -0.3 is 14.8 Å². The number of rotatable bonds is 4. The van der Waals surface area contributed by atoms with Gasteiger partial charge in [-0.1, -0.05) is 25.3 Å². The number of aromatic nitrogens is 1. The molecular formula is C26H38N4O. The minimum atomic E-state index is 0.194. The fraction of sp³-hybridized carbons (Fsp3) is 0.654. The molecule has 168 valence electrons. The molecule has 1 amide bonds. The summed E-state index contributed by atoms with van der Waals surface area (Å²) in [4.78, 5) is 23.8. The van der Waals surface area contributed by atoms with Crippen LogP contribution in [0.25, 0.3) is 10.9 Å². The normalized spacial score (nSPS) is 22.6. The summed E-state index contributed by atoms with van der Waals surface area (Å²) in [6.45, 7) is 7.82. The van der Waals surface area contributed by atoms with E-state index in [0.717, 1.165) is 49.6 Å². The van der Waals surface area contributed by atoms with Crippen molar-refractivity contribution in [2.75, 3.05) is 39.3 Å². The Balaban J connectivity index is 1.21. The van der Waals surface area contributed by atoms with Crippen LogP contribution in [-0.2, 0) is 6.54 Å². The Labute approximate surface area is 186 Å². The SMILES string of the molecule is O=C(c1ccc2c(CN3CCC(N4CCCCC4)CC3)c[nH]c2c1)N1CCCCCC1. The van der Waals surface area contributed by atoms with Crippen LogP contribution in [0.2, 0.25) is 0 Å². The number of aromatic amines is 1. The first-order valence-corrected chi connectivity index (χ1v) is 12.6. The topological polar surface area (TPSA) is 42.6 Å². The highest BCUT2D eigenvalue weighted by atomic mass is 16.2. The number of hydrogen-bond acceptors (Lipinski definition) is 3. The molecule has 0 unspecified atom stereocenters.